The molecule has 0 saturated heterocycles. The van der Waals surface area contributed by atoms with Gasteiger partial charge in [-0.05, 0) is 18.1 Å². The Balaban J connectivity index is 2.87. The summed E-state index contributed by atoms with van der Waals surface area (Å²) in [6, 6.07) is 3.73. The summed E-state index contributed by atoms with van der Waals surface area (Å²) in [6.45, 7) is 3.91. The second-order valence-corrected chi connectivity index (χ2v) is 5.86. The molecule has 0 aromatic heterocycles. The molecule has 0 radical (unpaired) electrons. The van der Waals surface area contributed by atoms with Gasteiger partial charge in [0.05, 0.1) is 11.6 Å². The Labute approximate surface area is 105 Å². The molecule has 0 fully saturated rings. The highest BCUT2D eigenvalue weighted by Crippen LogP contribution is 2.21. The fraction of sp³-hybridized carbons (Fsp3) is 0.400. The van der Waals surface area contributed by atoms with E-state index in [0.717, 1.165) is 6.07 Å². The van der Waals surface area contributed by atoms with Gasteiger partial charge in [0.15, 0.2) is 5.82 Å². The molecular formula is C10H13ClFNO3S. The van der Waals surface area contributed by atoms with E-state index in [1.165, 1.54) is 12.1 Å². The number of halogens is 2. The Morgan fingerprint density at radius 1 is 1.47 bits per heavy atom. The largest absolute Gasteiger partial charge is 0.287 e. The van der Waals surface area contributed by atoms with Crippen molar-refractivity contribution in [3.63, 3.8) is 0 Å². The van der Waals surface area contributed by atoms with Crippen LogP contribution in [-0.2, 0) is 14.9 Å². The number of hydrogen-bond donors (Lipinski definition) is 1. The Hall–Kier alpha value is -0.690. The number of rotatable bonds is 5. The molecule has 0 spiro atoms. The summed E-state index contributed by atoms with van der Waals surface area (Å²) in [7, 11) is -4.04. The summed E-state index contributed by atoms with van der Waals surface area (Å²) in [6.07, 6.45) is 0. The molecule has 17 heavy (non-hydrogen) atoms. The maximum absolute atomic E-state index is 13.5. The van der Waals surface area contributed by atoms with Crippen molar-refractivity contribution in [1.82, 2.24) is 4.89 Å². The van der Waals surface area contributed by atoms with Crippen molar-refractivity contribution in [2.45, 2.75) is 18.7 Å². The van der Waals surface area contributed by atoms with Crippen LogP contribution in [0.5, 0.6) is 0 Å². The molecule has 0 heterocycles. The molecule has 1 aromatic rings. The van der Waals surface area contributed by atoms with E-state index in [4.69, 9.17) is 16.4 Å². The van der Waals surface area contributed by atoms with E-state index in [1.54, 1.807) is 0 Å². The van der Waals surface area contributed by atoms with Crippen molar-refractivity contribution in [2.24, 2.45) is 5.92 Å². The van der Waals surface area contributed by atoms with Gasteiger partial charge in [0.1, 0.15) is 4.90 Å². The second-order valence-electron chi connectivity index (χ2n) is 3.84. The average molecular weight is 282 g/mol. The Bertz CT molecular complexity index is 490. The van der Waals surface area contributed by atoms with Crippen LogP contribution in [-0.4, -0.2) is 15.0 Å². The fourth-order valence-corrected chi connectivity index (χ4v) is 2.16. The lowest BCUT2D eigenvalue weighted by molar-refractivity contribution is 0.0717. The first-order chi connectivity index (χ1) is 7.84. The third kappa shape index (κ3) is 3.92. The number of benzene rings is 1. The number of sulfonamides is 1. The highest BCUT2D eigenvalue weighted by atomic mass is 35.5. The number of hydrogen-bond acceptors (Lipinski definition) is 3. The van der Waals surface area contributed by atoms with Gasteiger partial charge < -0.3 is 0 Å². The SMILES string of the molecule is CC(C)CONS(=O)(=O)c1cccc(Cl)c1F. The van der Waals surface area contributed by atoms with Crippen LogP contribution in [0.2, 0.25) is 5.02 Å². The lowest BCUT2D eigenvalue weighted by Gasteiger charge is -2.09. The Morgan fingerprint density at radius 2 is 2.12 bits per heavy atom. The van der Waals surface area contributed by atoms with Crippen LogP contribution in [0.3, 0.4) is 0 Å². The first kappa shape index (κ1) is 14.4. The molecule has 0 bridgehead atoms. The van der Waals surface area contributed by atoms with Gasteiger partial charge in [-0.1, -0.05) is 36.4 Å². The number of nitrogens with one attached hydrogen (secondary N) is 1. The van der Waals surface area contributed by atoms with E-state index in [-0.39, 0.29) is 17.5 Å². The Morgan fingerprint density at radius 3 is 2.71 bits per heavy atom. The van der Waals surface area contributed by atoms with E-state index < -0.39 is 20.7 Å². The Kier molecular flexibility index (Phi) is 4.88. The average Bonchev–Trinajstić information content (AvgIpc) is 2.21. The van der Waals surface area contributed by atoms with E-state index in [1.807, 2.05) is 18.7 Å². The maximum atomic E-state index is 13.5. The molecule has 1 N–H and O–H groups in total. The van der Waals surface area contributed by atoms with Crippen molar-refractivity contribution in [1.29, 1.82) is 0 Å². The smallest absolute Gasteiger partial charge is 0.265 e. The molecule has 0 aliphatic rings. The predicted molar refractivity (Wildman–Crippen MR) is 62.5 cm³/mol. The lowest BCUT2D eigenvalue weighted by Crippen LogP contribution is -2.26. The zero-order chi connectivity index (χ0) is 13.1. The van der Waals surface area contributed by atoms with E-state index in [9.17, 15) is 12.8 Å². The molecule has 1 aromatic carbocycles. The first-order valence-corrected chi connectivity index (χ1v) is 6.78. The molecule has 0 unspecified atom stereocenters. The summed E-state index contributed by atoms with van der Waals surface area (Å²) in [5.74, 6) is -0.836. The minimum absolute atomic E-state index is 0.155. The van der Waals surface area contributed by atoms with Crippen molar-refractivity contribution < 1.29 is 17.6 Å². The molecule has 96 valence electrons. The highest BCUT2D eigenvalue weighted by Gasteiger charge is 2.20. The van der Waals surface area contributed by atoms with Crippen LogP contribution in [0.25, 0.3) is 0 Å². The minimum atomic E-state index is -4.04. The van der Waals surface area contributed by atoms with E-state index in [2.05, 4.69) is 0 Å². The normalized spacial score (nSPS) is 12.1. The zero-order valence-corrected chi connectivity index (χ0v) is 11.0. The van der Waals surface area contributed by atoms with Crippen LogP contribution in [0.1, 0.15) is 13.8 Å². The summed E-state index contributed by atoms with van der Waals surface area (Å²) >= 11 is 5.50. The quantitative estimate of drug-likeness (QED) is 0.843. The van der Waals surface area contributed by atoms with Crippen molar-refractivity contribution in [3.05, 3.63) is 29.0 Å². The van der Waals surface area contributed by atoms with Gasteiger partial charge in [-0.15, -0.1) is 0 Å². The van der Waals surface area contributed by atoms with Gasteiger partial charge in [0, 0.05) is 0 Å². The monoisotopic (exact) mass is 281 g/mol. The van der Waals surface area contributed by atoms with Gasteiger partial charge in [-0.2, -0.15) is 0 Å². The third-order valence-electron chi connectivity index (χ3n) is 1.79. The molecule has 7 heteroatoms. The molecule has 0 saturated carbocycles. The molecule has 0 aliphatic heterocycles. The summed E-state index contributed by atoms with van der Waals surface area (Å²) in [4.78, 5) is 6.08. The van der Waals surface area contributed by atoms with Crippen LogP contribution in [0, 0.1) is 11.7 Å². The molecule has 0 aliphatic carbocycles. The van der Waals surface area contributed by atoms with Crippen LogP contribution >= 0.6 is 11.6 Å². The minimum Gasteiger partial charge on any atom is -0.287 e. The van der Waals surface area contributed by atoms with Crippen LogP contribution in [0.15, 0.2) is 23.1 Å². The molecule has 0 atom stereocenters. The highest BCUT2D eigenvalue weighted by molar-refractivity contribution is 7.89. The molecular weight excluding hydrogens is 269 g/mol. The fourth-order valence-electron chi connectivity index (χ4n) is 1.01. The molecule has 1 rings (SSSR count). The van der Waals surface area contributed by atoms with Gasteiger partial charge in [-0.25, -0.2) is 12.8 Å². The van der Waals surface area contributed by atoms with Crippen molar-refractivity contribution in [2.75, 3.05) is 6.61 Å². The summed E-state index contributed by atoms with van der Waals surface area (Å²) in [5.41, 5.74) is 0. The van der Waals surface area contributed by atoms with Gasteiger partial charge >= 0.3 is 0 Å². The van der Waals surface area contributed by atoms with Gasteiger partial charge in [-0.3, -0.25) is 4.84 Å². The first-order valence-electron chi connectivity index (χ1n) is 4.92. The van der Waals surface area contributed by atoms with E-state index >= 15 is 0 Å². The van der Waals surface area contributed by atoms with Crippen molar-refractivity contribution in [3.8, 4) is 0 Å². The molecule has 4 nitrogen and oxygen atoms in total. The predicted octanol–water partition coefficient (Wildman–Crippen LogP) is 2.35. The van der Waals surface area contributed by atoms with E-state index in [0.29, 0.717) is 0 Å². The standard InChI is InChI=1S/C10H13ClFNO3S/c1-7(2)6-16-13-17(14,15)9-5-3-4-8(11)10(9)12/h3-5,7,13H,6H2,1-2H3. The van der Waals surface area contributed by atoms with Crippen LogP contribution < -0.4 is 4.89 Å². The summed E-state index contributed by atoms with van der Waals surface area (Å²) < 4.78 is 36.8. The zero-order valence-electron chi connectivity index (χ0n) is 9.41. The maximum Gasteiger partial charge on any atom is 0.265 e. The second kappa shape index (κ2) is 5.77. The topological polar surface area (TPSA) is 55.4 Å². The lowest BCUT2D eigenvalue weighted by atomic mass is 10.2. The van der Waals surface area contributed by atoms with Gasteiger partial charge in [0.2, 0.25) is 0 Å². The van der Waals surface area contributed by atoms with Crippen LogP contribution in [0.4, 0.5) is 4.39 Å². The van der Waals surface area contributed by atoms with Gasteiger partial charge in [0.25, 0.3) is 10.0 Å². The molecule has 0 amide bonds. The summed E-state index contributed by atoms with van der Waals surface area (Å²) in [5, 5.41) is -0.253. The van der Waals surface area contributed by atoms with Crippen molar-refractivity contribution >= 4 is 21.6 Å². The third-order valence-corrected chi connectivity index (χ3v) is 3.31.